The SMILES string of the molecule is CCCN=CCC(C)CC. The van der Waals surface area contributed by atoms with Crippen molar-refractivity contribution in [3.8, 4) is 0 Å². The minimum Gasteiger partial charge on any atom is -0.298 e. The molecule has 0 aliphatic heterocycles. The Labute approximate surface area is 64.6 Å². The van der Waals surface area contributed by atoms with Crippen LogP contribution >= 0.6 is 0 Å². The van der Waals surface area contributed by atoms with E-state index in [0.29, 0.717) is 0 Å². The van der Waals surface area contributed by atoms with Crippen molar-refractivity contribution < 1.29 is 0 Å². The van der Waals surface area contributed by atoms with Crippen LogP contribution in [0, 0.1) is 5.92 Å². The highest BCUT2D eigenvalue weighted by atomic mass is 14.7. The van der Waals surface area contributed by atoms with Crippen LogP contribution in [0.15, 0.2) is 4.99 Å². The Bertz CT molecular complexity index is 86.7. The van der Waals surface area contributed by atoms with Crippen molar-refractivity contribution in [2.45, 2.75) is 40.0 Å². The summed E-state index contributed by atoms with van der Waals surface area (Å²) < 4.78 is 0. The third-order valence-corrected chi connectivity index (χ3v) is 1.69. The van der Waals surface area contributed by atoms with Gasteiger partial charge in [0.1, 0.15) is 0 Å². The molecule has 1 atom stereocenters. The molecular weight excluding hydrogens is 122 g/mol. The van der Waals surface area contributed by atoms with Crippen LogP contribution in [0.4, 0.5) is 0 Å². The maximum Gasteiger partial charge on any atom is 0.0382 e. The second-order valence-electron chi connectivity index (χ2n) is 2.84. The molecule has 0 fully saturated rings. The fourth-order valence-corrected chi connectivity index (χ4v) is 0.642. The molecule has 0 rings (SSSR count). The van der Waals surface area contributed by atoms with Gasteiger partial charge in [0, 0.05) is 6.54 Å². The van der Waals surface area contributed by atoms with E-state index in [1.165, 1.54) is 6.42 Å². The lowest BCUT2D eigenvalue weighted by Gasteiger charge is -2.01. The molecule has 1 unspecified atom stereocenters. The first-order chi connectivity index (χ1) is 4.81. The molecule has 0 aliphatic carbocycles. The second kappa shape index (κ2) is 6.79. The Kier molecular flexibility index (Phi) is 6.56. The van der Waals surface area contributed by atoms with Gasteiger partial charge in [-0.2, -0.15) is 0 Å². The van der Waals surface area contributed by atoms with Gasteiger partial charge in [0.2, 0.25) is 0 Å². The van der Waals surface area contributed by atoms with E-state index in [1.54, 1.807) is 0 Å². The van der Waals surface area contributed by atoms with Gasteiger partial charge in [0.25, 0.3) is 0 Å². The first-order valence-electron chi connectivity index (χ1n) is 4.29. The molecular formula is C9H19N. The van der Waals surface area contributed by atoms with E-state index in [9.17, 15) is 0 Å². The van der Waals surface area contributed by atoms with Gasteiger partial charge in [-0.15, -0.1) is 0 Å². The molecule has 1 heteroatoms. The number of nitrogens with zero attached hydrogens (tertiary/aromatic N) is 1. The minimum absolute atomic E-state index is 0.806. The zero-order chi connectivity index (χ0) is 7.82. The van der Waals surface area contributed by atoms with Crippen LogP contribution in [-0.4, -0.2) is 12.8 Å². The van der Waals surface area contributed by atoms with Crippen molar-refractivity contribution in [1.29, 1.82) is 0 Å². The lowest BCUT2D eigenvalue weighted by atomic mass is 10.1. The number of hydrogen-bond acceptors (Lipinski definition) is 1. The number of hydrogen-bond donors (Lipinski definition) is 0. The molecule has 0 aromatic carbocycles. The molecule has 60 valence electrons. The molecule has 0 N–H and O–H groups in total. The van der Waals surface area contributed by atoms with Crippen molar-refractivity contribution >= 4 is 6.21 Å². The number of rotatable bonds is 5. The number of aliphatic imine (C=N–C) groups is 1. The lowest BCUT2D eigenvalue weighted by molar-refractivity contribution is 0.591. The first-order valence-corrected chi connectivity index (χ1v) is 4.29. The van der Waals surface area contributed by atoms with E-state index < -0.39 is 0 Å². The van der Waals surface area contributed by atoms with Gasteiger partial charge in [0.05, 0.1) is 0 Å². The van der Waals surface area contributed by atoms with E-state index in [2.05, 4.69) is 32.0 Å². The summed E-state index contributed by atoms with van der Waals surface area (Å²) in [7, 11) is 0. The highest BCUT2D eigenvalue weighted by Gasteiger charge is 1.92. The molecule has 1 nitrogen and oxygen atoms in total. The average Bonchev–Trinajstić information content (AvgIpc) is 1.98. The standard InChI is InChI=1S/C9H19N/c1-4-7-10-8-6-9(3)5-2/h8-9H,4-7H2,1-3H3. The molecule has 0 radical (unpaired) electrons. The van der Waals surface area contributed by atoms with Gasteiger partial charge in [-0.05, 0) is 25.0 Å². The van der Waals surface area contributed by atoms with Crippen LogP contribution in [0.25, 0.3) is 0 Å². The minimum atomic E-state index is 0.806. The molecule has 0 aromatic rings. The monoisotopic (exact) mass is 141 g/mol. The fraction of sp³-hybridized carbons (Fsp3) is 0.889. The first kappa shape index (κ1) is 9.67. The lowest BCUT2D eigenvalue weighted by Crippen LogP contribution is -1.92. The third kappa shape index (κ3) is 5.80. The van der Waals surface area contributed by atoms with Gasteiger partial charge >= 0.3 is 0 Å². The van der Waals surface area contributed by atoms with Crippen molar-refractivity contribution in [2.24, 2.45) is 10.9 Å². The fourth-order valence-electron chi connectivity index (χ4n) is 0.642. The molecule has 0 spiro atoms. The Morgan fingerprint density at radius 1 is 1.40 bits per heavy atom. The van der Waals surface area contributed by atoms with Crippen LogP contribution in [-0.2, 0) is 0 Å². The van der Waals surface area contributed by atoms with E-state index in [-0.39, 0.29) is 0 Å². The predicted molar refractivity (Wildman–Crippen MR) is 47.7 cm³/mol. The van der Waals surface area contributed by atoms with E-state index in [4.69, 9.17) is 0 Å². The maximum absolute atomic E-state index is 4.25. The maximum atomic E-state index is 4.25. The van der Waals surface area contributed by atoms with Gasteiger partial charge in [-0.1, -0.05) is 27.2 Å². The Morgan fingerprint density at radius 2 is 2.10 bits per heavy atom. The second-order valence-corrected chi connectivity index (χ2v) is 2.84. The summed E-state index contributed by atoms with van der Waals surface area (Å²) in [6, 6.07) is 0. The molecule has 0 heterocycles. The third-order valence-electron chi connectivity index (χ3n) is 1.69. The van der Waals surface area contributed by atoms with Crippen LogP contribution in [0.2, 0.25) is 0 Å². The topological polar surface area (TPSA) is 12.4 Å². The van der Waals surface area contributed by atoms with Crippen LogP contribution in [0.5, 0.6) is 0 Å². The Hall–Kier alpha value is -0.330. The Balaban J connectivity index is 3.16. The van der Waals surface area contributed by atoms with Crippen LogP contribution in [0.3, 0.4) is 0 Å². The van der Waals surface area contributed by atoms with Gasteiger partial charge < -0.3 is 0 Å². The summed E-state index contributed by atoms with van der Waals surface area (Å²) >= 11 is 0. The highest BCUT2D eigenvalue weighted by molar-refractivity contribution is 5.57. The molecule has 10 heavy (non-hydrogen) atoms. The normalized spacial score (nSPS) is 14.3. The van der Waals surface area contributed by atoms with Gasteiger partial charge in [-0.3, -0.25) is 4.99 Å². The molecule has 0 bridgehead atoms. The summed E-state index contributed by atoms with van der Waals surface area (Å²) in [5, 5.41) is 0. The van der Waals surface area contributed by atoms with Crippen LogP contribution in [0.1, 0.15) is 40.0 Å². The highest BCUT2D eigenvalue weighted by Crippen LogP contribution is 2.03. The van der Waals surface area contributed by atoms with E-state index >= 15 is 0 Å². The van der Waals surface area contributed by atoms with Crippen molar-refractivity contribution in [3.05, 3.63) is 0 Å². The summed E-state index contributed by atoms with van der Waals surface area (Å²) in [5.41, 5.74) is 0. The molecule has 0 amide bonds. The van der Waals surface area contributed by atoms with Crippen LogP contribution < -0.4 is 0 Å². The zero-order valence-corrected chi connectivity index (χ0v) is 7.43. The van der Waals surface area contributed by atoms with Gasteiger partial charge in [-0.25, -0.2) is 0 Å². The predicted octanol–water partition coefficient (Wildman–Crippen LogP) is 2.90. The summed E-state index contributed by atoms with van der Waals surface area (Å²) in [4.78, 5) is 4.25. The van der Waals surface area contributed by atoms with E-state index in [1.807, 2.05) is 0 Å². The summed E-state index contributed by atoms with van der Waals surface area (Å²) in [5.74, 6) is 0.806. The average molecular weight is 141 g/mol. The quantitative estimate of drug-likeness (QED) is 0.522. The molecule has 0 aromatic heterocycles. The van der Waals surface area contributed by atoms with Crippen molar-refractivity contribution in [1.82, 2.24) is 0 Å². The summed E-state index contributed by atoms with van der Waals surface area (Å²) in [6.07, 6.45) is 5.64. The molecule has 0 saturated heterocycles. The zero-order valence-electron chi connectivity index (χ0n) is 7.43. The van der Waals surface area contributed by atoms with Crippen molar-refractivity contribution in [2.75, 3.05) is 6.54 Å². The summed E-state index contributed by atoms with van der Waals surface area (Å²) in [6.45, 7) is 7.63. The molecule has 0 saturated carbocycles. The molecule has 0 aliphatic rings. The van der Waals surface area contributed by atoms with E-state index in [0.717, 1.165) is 25.3 Å². The van der Waals surface area contributed by atoms with Crippen molar-refractivity contribution in [3.63, 3.8) is 0 Å². The Morgan fingerprint density at radius 3 is 2.60 bits per heavy atom. The van der Waals surface area contributed by atoms with Gasteiger partial charge in [0.15, 0.2) is 0 Å². The largest absolute Gasteiger partial charge is 0.298 e. The smallest absolute Gasteiger partial charge is 0.0382 e.